The number of carbonyl (C=O) groups is 1. The van der Waals surface area contributed by atoms with Gasteiger partial charge in [0.15, 0.2) is 0 Å². The van der Waals surface area contributed by atoms with Crippen LogP contribution in [0.25, 0.3) is 0 Å². The fourth-order valence-corrected chi connectivity index (χ4v) is 3.67. The van der Waals surface area contributed by atoms with Gasteiger partial charge in [-0.1, -0.05) is 6.92 Å². The standard InChI is InChI=1S/C16H25N3O4S2.ClH/c1-12-6-7-18-10-15(12)19-16(20)11-24-9-8-23-13-2-4-14(5-3-13)25(17,21)22;/h2-5,12,15,18H,6-11H2,1H3,(H,19,20)(H2,17,21,22);1H. The number of nitrogens with two attached hydrogens (primary N) is 1. The Hall–Kier alpha value is -1.00. The molecule has 1 aromatic rings. The lowest BCUT2D eigenvalue weighted by Gasteiger charge is -2.30. The van der Waals surface area contributed by atoms with Crippen LogP contribution in [0.15, 0.2) is 29.2 Å². The second kappa shape index (κ2) is 11.0. The number of thioether (sulfide) groups is 1. The molecule has 7 nitrogen and oxygen atoms in total. The third kappa shape index (κ3) is 7.71. The van der Waals surface area contributed by atoms with Gasteiger partial charge >= 0.3 is 0 Å². The van der Waals surface area contributed by atoms with Crippen LogP contribution < -0.4 is 20.5 Å². The number of hydrogen-bond acceptors (Lipinski definition) is 6. The van der Waals surface area contributed by atoms with Crippen molar-refractivity contribution < 1.29 is 17.9 Å². The summed E-state index contributed by atoms with van der Waals surface area (Å²) in [5.41, 5.74) is 0. The molecule has 1 aliphatic rings. The Kier molecular flexibility index (Phi) is 9.73. The van der Waals surface area contributed by atoms with Crippen LogP contribution >= 0.6 is 24.2 Å². The summed E-state index contributed by atoms with van der Waals surface area (Å²) in [7, 11) is -3.68. The lowest BCUT2D eigenvalue weighted by molar-refractivity contribution is -0.119. The molecule has 0 radical (unpaired) electrons. The number of carbonyl (C=O) groups excluding carboxylic acids is 1. The highest BCUT2D eigenvalue weighted by atomic mass is 35.5. The van der Waals surface area contributed by atoms with E-state index in [1.165, 1.54) is 23.9 Å². The molecule has 1 amide bonds. The van der Waals surface area contributed by atoms with Gasteiger partial charge in [-0.05, 0) is 43.1 Å². The van der Waals surface area contributed by atoms with E-state index in [0.717, 1.165) is 19.5 Å². The quantitative estimate of drug-likeness (QED) is 0.537. The first kappa shape index (κ1) is 23.0. The zero-order valence-electron chi connectivity index (χ0n) is 14.6. The van der Waals surface area contributed by atoms with Crippen molar-refractivity contribution in [2.75, 3.05) is 31.2 Å². The van der Waals surface area contributed by atoms with Crippen molar-refractivity contribution in [3.05, 3.63) is 24.3 Å². The van der Waals surface area contributed by atoms with Crippen LogP contribution in [0.4, 0.5) is 0 Å². The molecule has 2 rings (SSSR count). The van der Waals surface area contributed by atoms with Crippen molar-refractivity contribution in [3.8, 4) is 5.75 Å². The highest BCUT2D eigenvalue weighted by molar-refractivity contribution is 7.99. The number of ether oxygens (including phenoxy) is 1. The minimum absolute atomic E-state index is 0. The van der Waals surface area contributed by atoms with E-state index in [4.69, 9.17) is 9.88 Å². The van der Waals surface area contributed by atoms with Gasteiger partial charge in [-0.15, -0.1) is 24.2 Å². The molecule has 0 aromatic heterocycles. The summed E-state index contributed by atoms with van der Waals surface area (Å²) in [5.74, 6) is 2.18. The fourth-order valence-electron chi connectivity index (χ4n) is 2.54. The van der Waals surface area contributed by atoms with Gasteiger partial charge in [0.25, 0.3) is 0 Å². The zero-order valence-corrected chi connectivity index (χ0v) is 17.1. The first-order valence-corrected chi connectivity index (χ1v) is 10.9. The molecule has 10 heteroatoms. The Bertz CT molecular complexity index is 671. The van der Waals surface area contributed by atoms with E-state index >= 15 is 0 Å². The Morgan fingerprint density at radius 2 is 2.08 bits per heavy atom. The predicted molar refractivity (Wildman–Crippen MR) is 106 cm³/mol. The van der Waals surface area contributed by atoms with Crippen molar-refractivity contribution in [1.82, 2.24) is 10.6 Å². The minimum Gasteiger partial charge on any atom is -0.493 e. The van der Waals surface area contributed by atoms with Crippen LogP contribution in [0, 0.1) is 5.92 Å². The summed E-state index contributed by atoms with van der Waals surface area (Å²) in [6.07, 6.45) is 1.08. The highest BCUT2D eigenvalue weighted by Gasteiger charge is 2.22. The smallest absolute Gasteiger partial charge is 0.238 e. The van der Waals surface area contributed by atoms with Gasteiger partial charge < -0.3 is 15.4 Å². The van der Waals surface area contributed by atoms with E-state index in [1.807, 2.05) is 0 Å². The molecule has 1 aliphatic heterocycles. The first-order valence-electron chi connectivity index (χ1n) is 8.20. The van der Waals surface area contributed by atoms with Crippen molar-refractivity contribution in [3.63, 3.8) is 0 Å². The van der Waals surface area contributed by atoms with Crippen molar-refractivity contribution >= 4 is 40.1 Å². The van der Waals surface area contributed by atoms with E-state index in [9.17, 15) is 13.2 Å². The second-order valence-corrected chi connectivity index (χ2v) is 8.73. The third-order valence-corrected chi connectivity index (χ3v) is 5.91. The van der Waals surface area contributed by atoms with Crippen LogP contribution in [-0.2, 0) is 14.8 Å². The van der Waals surface area contributed by atoms with Gasteiger partial charge in [-0.2, -0.15) is 0 Å². The van der Waals surface area contributed by atoms with Gasteiger partial charge in [-0.25, -0.2) is 13.6 Å². The van der Waals surface area contributed by atoms with Crippen molar-refractivity contribution in [2.45, 2.75) is 24.3 Å². The van der Waals surface area contributed by atoms with E-state index in [-0.39, 0.29) is 29.3 Å². The molecule has 0 spiro atoms. The van der Waals surface area contributed by atoms with Crippen LogP contribution in [0.3, 0.4) is 0 Å². The average molecular weight is 424 g/mol. The van der Waals surface area contributed by atoms with Gasteiger partial charge in [0.2, 0.25) is 15.9 Å². The van der Waals surface area contributed by atoms with Crippen LogP contribution in [0.1, 0.15) is 13.3 Å². The molecule has 1 aromatic carbocycles. The maximum Gasteiger partial charge on any atom is 0.238 e. The number of amides is 1. The van der Waals surface area contributed by atoms with E-state index in [1.54, 1.807) is 12.1 Å². The summed E-state index contributed by atoms with van der Waals surface area (Å²) in [6, 6.07) is 6.15. The molecule has 148 valence electrons. The molecule has 0 saturated carbocycles. The molecule has 2 unspecified atom stereocenters. The van der Waals surface area contributed by atoms with Crippen molar-refractivity contribution in [1.29, 1.82) is 0 Å². The maximum atomic E-state index is 12.0. The molecule has 26 heavy (non-hydrogen) atoms. The van der Waals surface area contributed by atoms with E-state index < -0.39 is 10.0 Å². The predicted octanol–water partition coefficient (Wildman–Crippen LogP) is 0.982. The number of primary sulfonamides is 1. The van der Waals surface area contributed by atoms with E-state index in [2.05, 4.69) is 17.6 Å². The van der Waals surface area contributed by atoms with Crippen molar-refractivity contribution in [2.24, 2.45) is 11.1 Å². The number of hydrogen-bond donors (Lipinski definition) is 3. The average Bonchev–Trinajstić information content (AvgIpc) is 2.56. The summed E-state index contributed by atoms with van der Waals surface area (Å²) in [5, 5.41) is 11.4. The Morgan fingerprint density at radius 1 is 1.38 bits per heavy atom. The zero-order chi connectivity index (χ0) is 18.3. The molecular weight excluding hydrogens is 398 g/mol. The first-order chi connectivity index (χ1) is 11.9. The molecule has 0 aliphatic carbocycles. The summed E-state index contributed by atoms with van der Waals surface area (Å²) >= 11 is 1.50. The second-order valence-electron chi connectivity index (χ2n) is 6.06. The number of halogens is 1. The van der Waals surface area contributed by atoms with Crippen LogP contribution in [-0.4, -0.2) is 51.6 Å². The summed E-state index contributed by atoms with van der Waals surface area (Å²) < 4.78 is 27.8. The number of rotatable bonds is 8. The summed E-state index contributed by atoms with van der Waals surface area (Å²) in [6.45, 7) is 4.44. The molecule has 2 atom stereocenters. The normalized spacial score (nSPS) is 20.1. The molecule has 1 saturated heterocycles. The Balaban J connectivity index is 0.00000338. The topological polar surface area (TPSA) is 111 Å². The van der Waals surface area contributed by atoms with Gasteiger partial charge in [0, 0.05) is 18.3 Å². The maximum absolute atomic E-state index is 12.0. The number of benzene rings is 1. The third-order valence-electron chi connectivity index (χ3n) is 4.06. The summed E-state index contributed by atoms with van der Waals surface area (Å²) in [4.78, 5) is 12.0. The molecule has 1 fully saturated rings. The Morgan fingerprint density at radius 3 is 2.69 bits per heavy atom. The van der Waals surface area contributed by atoms with Gasteiger partial charge in [0.1, 0.15) is 5.75 Å². The monoisotopic (exact) mass is 423 g/mol. The van der Waals surface area contributed by atoms with Crippen LogP contribution in [0.5, 0.6) is 5.75 Å². The number of sulfonamides is 1. The SMILES string of the molecule is CC1CCNCC1NC(=O)CSCCOc1ccc(S(N)(=O)=O)cc1.Cl. The van der Waals surface area contributed by atoms with Crippen LogP contribution in [0.2, 0.25) is 0 Å². The largest absolute Gasteiger partial charge is 0.493 e. The number of piperidine rings is 1. The van der Waals surface area contributed by atoms with E-state index in [0.29, 0.717) is 29.8 Å². The Labute approximate surface area is 165 Å². The highest BCUT2D eigenvalue weighted by Crippen LogP contribution is 2.15. The van der Waals surface area contributed by atoms with Gasteiger partial charge in [-0.3, -0.25) is 4.79 Å². The fraction of sp³-hybridized carbons (Fsp3) is 0.562. The molecule has 0 bridgehead atoms. The number of nitrogens with one attached hydrogen (secondary N) is 2. The lowest BCUT2D eigenvalue weighted by atomic mass is 9.95. The lowest BCUT2D eigenvalue weighted by Crippen LogP contribution is -2.50. The molecular formula is C16H26ClN3O4S2. The molecule has 1 heterocycles. The van der Waals surface area contributed by atoms with Gasteiger partial charge in [0.05, 0.1) is 17.3 Å². The molecule has 4 N–H and O–H groups in total. The minimum atomic E-state index is -3.68.